The number of benzene rings is 2. The number of halogens is 1. The maximum absolute atomic E-state index is 12.3. The maximum Gasteiger partial charge on any atom is 0.240 e. The van der Waals surface area contributed by atoms with Gasteiger partial charge in [0, 0.05) is 10.6 Å². The second kappa shape index (κ2) is 7.09. The Morgan fingerprint density at radius 2 is 1.67 bits per heavy atom. The van der Waals surface area contributed by atoms with Crippen molar-refractivity contribution in [2.24, 2.45) is 0 Å². The summed E-state index contributed by atoms with van der Waals surface area (Å²) in [4.78, 5) is 8.49. The molecule has 7 heteroatoms. The Labute approximate surface area is 145 Å². The number of rotatable bonds is 5. The number of sulfonamides is 1. The number of hydrogen-bond acceptors (Lipinski definition) is 4. The Bertz CT molecular complexity index is 930. The van der Waals surface area contributed by atoms with E-state index in [1.54, 1.807) is 6.07 Å². The number of hydrogen-bond donors (Lipinski definition) is 1. The summed E-state index contributed by atoms with van der Waals surface area (Å²) in [6, 6.07) is 17.4. The highest BCUT2D eigenvalue weighted by molar-refractivity contribution is 7.89. The van der Waals surface area contributed by atoms with Gasteiger partial charge in [-0.05, 0) is 30.3 Å². The fraction of sp³-hybridized carbons (Fsp3) is 0.0588. The summed E-state index contributed by atoms with van der Waals surface area (Å²) in [5.74, 6) is 0. The topological polar surface area (TPSA) is 72.0 Å². The minimum Gasteiger partial charge on any atom is -0.240 e. The Morgan fingerprint density at radius 3 is 2.38 bits per heavy atom. The fourth-order valence-electron chi connectivity index (χ4n) is 2.13. The summed E-state index contributed by atoms with van der Waals surface area (Å²) >= 11 is 5.78. The molecule has 0 radical (unpaired) electrons. The molecule has 1 N–H and O–H groups in total. The second-order valence-electron chi connectivity index (χ2n) is 5.04. The van der Waals surface area contributed by atoms with Crippen molar-refractivity contribution in [1.29, 1.82) is 0 Å². The Balaban J connectivity index is 1.76. The van der Waals surface area contributed by atoms with E-state index in [9.17, 15) is 8.42 Å². The molecular formula is C17H14ClN3O2S. The summed E-state index contributed by atoms with van der Waals surface area (Å²) in [7, 11) is -3.62. The van der Waals surface area contributed by atoms with Crippen LogP contribution in [0.2, 0.25) is 5.02 Å². The van der Waals surface area contributed by atoms with Crippen LogP contribution in [0.5, 0.6) is 0 Å². The summed E-state index contributed by atoms with van der Waals surface area (Å²) in [6.07, 6.45) is 1.42. The third-order valence-electron chi connectivity index (χ3n) is 3.36. The average molecular weight is 360 g/mol. The summed E-state index contributed by atoms with van der Waals surface area (Å²) < 4.78 is 27.1. The third-order valence-corrected chi connectivity index (χ3v) is 5.03. The molecule has 0 aliphatic carbocycles. The zero-order valence-electron chi connectivity index (χ0n) is 12.6. The third kappa shape index (κ3) is 3.97. The van der Waals surface area contributed by atoms with Crippen LogP contribution in [-0.4, -0.2) is 18.4 Å². The minimum atomic E-state index is -3.62. The van der Waals surface area contributed by atoms with Gasteiger partial charge in [0.2, 0.25) is 10.0 Å². The van der Waals surface area contributed by atoms with Crippen molar-refractivity contribution in [2.75, 3.05) is 0 Å². The van der Waals surface area contributed by atoms with Gasteiger partial charge in [-0.15, -0.1) is 0 Å². The zero-order chi connectivity index (χ0) is 17.0. The summed E-state index contributed by atoms with van der Waals surface area (Å²) in [6.45, 7) is 0.0767. The van der Waals surface area contributed by atoms with Crippen molar-refractivity contribution in [2.45, 2.75) is 11.4 Å². The van der Waals surface area contributed by atoms with E-state index in [1.807, 2.05) is 30.3 Å². The Hall–Kier alpha value is -2.28. The predicted molar refractivity (Wildman–Crippen MR) is 92.9 cm³/mol. The van der Waals surface area contributed by atoms with Crippen molar-refractivity contribution in [3.63, 3.8) is 0 Å². The maximum atomic E-state index is 12.3. The molecule has 2 aromatic carbocycles. The van der Waals surface area contributed by atoms with Gasteiger partial charge in [-0.1, -0.05) is 41.9 Å². The number of aromatic nitrogens is 2. The van der Waals surface area contributed by atoms with Crippen LogP contribution in [0.15, 0.2) is 71.9 Å². The fourth-order valence-corrected chi connectivity index (χ4v) is 3.25. The predicted octanol–water partition coefficient (Wildman–Crippen LogP) is 3.28. The Kier molecular flexibility index (Phi) is 4.89. The van der Waals surface area contributed by atoms with Crippen LogP contribution in [0.4, 0.5) is 0 Å². The van der Waals surface area contributed by atoms with Gasteiger partial charge in [0.1, 0.15) is 6.33 Å². The van der Waals surface area contributed by atoms with Crippen LogP contribution < -0.4 is 4.72 Å². The molecule has 0 saturated carbocycles. The van der Waals surface area contributed by atoms with Gasteiger partial charge < -0.3 is 0 Å². The van der Waals surface area contributed by atoms with Crippen LogP contribution in [0.25, 0.3) is 11.3 Å². The Morgan fingerprint density at radius 1 is 0.958 bits per heavy atom. The molecule has 0 aliphatic rings. The molecular weight excluding hydrogens is 346 g/mol. The molecule has 1 heterocycles. The lowest BCUT2D eigenvalue weighted by Gasteiger charge is -2.07. The van der Waals surface area contributed by atoms with Gasteiger partial charge in [0.05, 0.1) is 22.8 Å². The second-order valence-corrected chi connectivity index (χ2v) is 7.24. The van der Waals surface area contributed by atoms with Gasteiger partial charge in [0.25, 0.3) is 0 Å². The highest BCUT2D eigenvalue weighted by Gasteiger charge is 2.14. The molecule has 0 atom stereocenters. The monoisotopic (exact) mass is 359 g/mol. The first-order valence-electron chi connectivity index (χ1n) is 7.16. The molecule has 3 rings (SSSR count). The standard InChI is InChI=1S/C17H14ClN3O2S/c18-14-6-8-16(9-7-14)24(22,23)21-11-15-10-17(20-12-19-15)13-4-2-1-3-5-13/h1-10,12,21H,11H2. The summed E-state index contributed by atoms with van der Waals surface area (Å²) in [5.41, 5.74) is 2.27. The normalized spacial score (nSPS) is 11.4. The van der Waals surface area contributed by atoms with E-state index in [4.69, 9.17) is 11.6 Å². The van der Waals surface area contributed by atoms with Crippen molar-refractivity contribution < 1.29 is 8.42 Å². The molecule has 0 amide bonds. The lowest BCUT2D eigenvalue weighted by atomic mass is 10.1. The largest absolute Gasteiger partial charge is 0.240 e. The van der Waals surface area contributed by atoms with Gasteiger partial charge in [0.15, 0.2) is 0 Å². The van der Waals surface area contributed by atoms with Crippen LogP contribution >= 0.6 is 11.6 Å². The van der Waals surface area contributed by atoms with E-state index in [0.717, 1.165) is 11.3 Å². The molecule has 5 nitrogen and oxygen atoms in total. The molecule has 0 aliphatic heterocycles. The van der Waals surface area contributed by atoms with Crippen molar-refractivity contribution in [1.82, 2.24) is 14.7 Å². The molecule has 0 saturated heterocycles. The van der Waals surface area contributed by atoms with E-state index in [0.29, 0.717) is 10.7 Å². The van der Waals surface area contributed by atoms with Crippen molar-refractivity contribution in [3.05, 3.63) is 77.7 Å². The van der Waals surface area contributed by atoms with Gasteiger partial charge in [-0.25, -0.2) is 23.1 Å². The first-order chi connectivity index (χ1) is 11.5. The molecule has 1 aromatic heterocycles. The van der Waals surface area contributed by atoms with Gasteiger partial charge >= 0.3 is 0 Å². The number of nitrogens with one attached hydrogen (secondary N) is 1. The quantitative estimate of drug-likeness (QED) is 0.758. The zero-order valence-corrected chi connectivity index (χ0v) is 14.1. The van der Waals surface area contributed by atoms with Crippen LogP contribution in [-0.2, 0) is 16.6 Å². The molecule has 0 bridgehead atoms. The highest BCUT2D eigenvalue weighted by atomic mass is 35.5. The van der Waals surface area contributed by atoms with Gasteiger partial charge in [-0.2, -0.15) is 0 Å². The first kappa shape index (κ1) is 16.6. The molecule has 0 fully saturated rings. The smallest absolute Gasteiger partial charge is 0.240 e. The minimum absolute atomic E-state index is 0.0767. The average Bonchev–Trinajstić information content (AvgIpc) is 2.61. The van der Waals surface area contributed by atoms with Crippen LogP contribution in [0.1, 0.15) is 5.69 Å². The van der Waals surface area contributed by atoms with Crippen molar-refractivity contribution in [3.8, 4) is 11.3 Å². The van der Waals surface area contributed by atoms with Gasteiger partial charge in [-0.3, -0.25) is 0 Å². The van der Waals surface area contributed by atoms with E-state index in [2.05, 4.69) is 14.7 Å². The molecule has 122 valence electrons. The summed E-state index contributed by atoms with van der Waals surface area (Å²) in [5, 5.41) is 0.484. The van der Waals surface area contributed by atoms with E-state index in [1.165, 1.54) is 30.6 Å². The first-order valence-corrected chi connectivity index (χ1v) is 9.02. The van der Waals surface area contributed by atoms with E-state index in [-0.39, 0.29) is 11.4 Å². The molecule has 24 heavy (non-hydrogen) atoms. The van der Waals surface area contributed by atoms with Crippen LogP contribution in [0.3, 0.4) is 0 Å². The van der Waals surface area contributed by atoms with Crippen molar-refractivity contribution >= 4 is 21.6 Å². The molecule has 3 aromatic rings. The van der Waals surface area contributed by atoms with E-state index < -0.39 is 10.0 Å². The van der Waals surface area contributed by atoms with E-state index >= 15 is 0 Å². The SMILES string of the molecule is O=S(=O)(NCc1cc(-c2ccccc2)ncn1)c1ccc(Cl)cc1. The molecule has 0 spiro atoms. The lowest BCUT2D eigenvalue weighted by Crippen LogP contribution is -2.23. The number of nitrogens with zero attached hydrogens (tertiary/aromatic N) is 2. The van der Waals surface area contributed by atoms with Crippen LogP contribution in [0, 0.1) is 0 Å². The highest BCUT2D eigenvalue weighted by Crippen LogP contribution is 2.17. The lowest BCUT2D eigenvalue weighted by molar-refractivity contribution is 0.580. The molecule has 0 unspecified atom stereocenters.